The molecule has 0 spiro atoms. The Hall–Kier alpha value is -3.77. The Bertz CT molecular complexity index is 991. The van der Waals surface area contributed by atoms with Crippen molar-refractivity contribution in [3.05, 3.63) is 60.0 Å². The number of imidazole rings is 2. The molecule has 0 fully saturated rings. The van der Waals surface area contributed by atoms with Crippen molar-refractivity contribution in [2.75, 3.05) is 33.2 Å². The summed E-state index contributed by atoms with van der Waals surface area (Å²) in [5.41, 5.74) is 4.07. The van der Waals surface area contributed by atoms with Gasteiger partial charge in [-0.2, -0.15) is 0 Å². The molecule has 0 saturated heterocycles. The van der Waals surface area contributed by atoms with Gasteiger partial charge in [0.1, 0.15) is 12.1 Å². The van der Waals surface area contributed by atoms with E-state index >= 15 is 0 Å². The Morgan fingerprint density at radius 3 is 1.69 bits per heavy atom. The second-order valence-corrected chi connectivity index (χ2v) is 8.18. The van der Waals surface area contributed by atoms with Gasteiger partial charge in [0.05, 0.1) is 38.3 Å². The molecule has 12 heteroatoms. The van der Waals surface area contributed by atoms with Crippen LogP contribution in [0.5, 0.6) is 0 Å². The highest BCUT2D eigenvalue weighted by atomic mass is 16.5. The third kappa shape index (κ3) is 7.62. The molecule has 0 aliphatic heterocycles. The van der Waals surface area contributed by atoms with Crippen LogP contribution < -0.4 is 15.5 Å². The number of nitrogens with one attached hydrogen (secondary N) is 4. The summed E-state index contributed by atoms with van der Waals surface area (Å²) in [4.78, 5) is 45.3. The number of hydrogen-bond acceptors (Lipinski definition) is 10. The maximum Gasteiger partial charge on any atom is 0.323 e. The van der Waals surface area contributed by atoms with Gasteiger partial charge in [0, 0.05) is 69.5 Å². The Morgan fingerprint density at radius 2 is 1.34 bits per heavy atom. The lowest BCUT2D eigenvalue weighted by molar-refractivity contribution is -0.144. The highest BCUT2D eigenvalue weighted by molar-refractivity contribution is 5.76. The third-order valence-electron chi connectivity index (χ3n) is 5.42. The minimum absolute atomic E-state index is 0.344. The van der Waals surface area contributed by atoms with Crippen LogP contribution in [0, 0.1) is 0 Å². The summed E-state index contributed by atoms with van der Waals surface area (Å²) in [7, 11) is 6.60. The van der Waals surface area contributed by atoms with Gasteiger partial charge in [-0.1, -0.05) is 0 Å². The number of aromatic nitrogens is 5. The monoisotopic (exact) mass is 484 g/mol. The molecule has 0 saturated carbocycles. The van der Waals surface area contributed by atoms with E-state index in [-0.39, 0.29) is 11.9 Å². The van der Waals surface area contributed by atoms with E-state index in [1.165, 1.54) is 14.2 Å². The number of hydrogen-bond donors (Lipinski definition) is 4. The molecular formula is C23H32N8O4. The summed E-state index contributed by atoms with van der Waals surface area (Å²) in [6.45, 7) is 0.689. The standard InChI is InChI=1S/C23H32N8O4/c1-31(2)19-5-17(11-26-20(22(32)34-3)7-15-9-24-13-28-15)30-18(6-19)12-27-21(23(33)35-4)8-16-10-25-14-29-16/h5-6,9-10,13-14,20-21,26-27H,7-8,11-12H2,1-4H3,(H,24,28)(H,25,29)/t20-,21-/m0/s1. The van der Waals surface area contributed by atoms with Crippen molar-refractivity contribution in [3.63, 3.8) is 0 Å². The van der Waals surface area contributed by atoms with Crippen LogP contribution in [-0.4, -0.2) is 77.3 Å². The zero-order valence-electron chi connectivity index (χ0n) is 20.4. The van der Waals surface area contributed by atoms with Crippen LogP contribution in [0.2, 0.25) is 0 Å². The maximum atomic E-state index is 12.3. The molecule has 0 radical (unpaired) electrons. The average Bonchev–Trinajstić information content (AvgIpc) is 3.57. The first-order valence-corrected chi connectivity index (χ1v) is 11.1. The molecule has 12 nitrogen and oxygen atoms in total. The fourth-order valence-electron chi connectivity index (χ4n) is 3.52. The topological polar surface area (TPSA) is 150 Å². The highest BCUT2D eigenvalue weighted by Gasteiger charge is 2.22. The first-order chi connectivity index (χ1) is 16.9. The number of methoxy groups -OCH3 is 2. The number of carbonyl (C=O) groups is 2. The van der Waals surface area contributed by atoms with Gasteiger partial charge in [-0.3, -0.25) is 25.2 Å². The van der Waals surface area contributed by atoms with Crippen molar-refractivity contribution in [3.8, 4) is 0 Å². The summed E-state index contributed by atoms with van der Waals surface area (Å²) in [5.74, 6) is -0.741. The minimum Gasteiger partial charge on any atom is -0.468 e. The van der Waals surface area contributed by atoms with Crippen LogP contribution in [0.15, 0.2) is 37.2 Å². The van der Waals surface area contributed by atoms with Gasteiger partial charge in [-0.25, -0.2) is 9.97 Å². The molecule has 0 aliphatic rings. The fourth-order valence-corrected chi connectivity index (χ4v) is 3.52. The molecule has 0 amide bonds. The fraction of sp³-hybridized carbons (Fsp3) is 0.435. The van der Waals surface area contributed by atoms with Crippen LogP contribution in [0.1, 0.15) is 22.8 Å². The van der Waals surface area contributed by atoms with E-state index in [1.807, 2.05) is 31.1 Å². The van der Waals surface area contributed by atoms with E-state index in [0.717, 1.165) is 28.5 Å². The number of nitrogens with zero attached hydrogens (tertiary/aromatic N) is 4. The quantitative estimate of drug-likeness (QED) is 0.250. The van der Waals surface area contributed by atoms with Gasteiger partial charge < -0.3 is 24.3 Å². The number of ether oxygens (including phenoxy) is 2. The summed E-state index contributed by atoms with van der Waals surface area (Å²) in [6.07, 6.45) is 7.30. The highest BCUT2D eigenvalue weighted by Crippen LogP contribution is 2.16. The number of H-pyrrole nitrogens is 2. The van der Waals surface area contributed by atoms with Gasteiger partial charge in [0.25, 0.3) is 0 Å². The molecule has 188 valence electrons. The largest absolute Gasteiger partial charge is 0.468 e. The number of pyridine rings is 1. The lowest BCUT2D eigenvalue weighted by Gasteiger charge is -2.20. The number of rotatable bonds is 13. The summed E-state index contributed by atoms with van der Waals surface area (Å²) in [5, 5.41) is 6.46. The van der Waals surface area contributed by atoms with Gasteiger partial charge in [0.15, 0.2) is 0 Å². The lowest BCUT2D eigenvalue weighted by atomic mass is 10.1. The summed E-state index contributed by atoms with van der Waals surface area (Å²) < 4.78 is 9.90. The van der Waals surface area contributed by atoms with Gasteiger partial charge in [-0.05, 0) is 12.1 Å². The molecule has 35 heavy (non-hydrogen) atoms. The predicted octanol–water partition coefficient (Wildman–Crippen LogP) is 0.342. The molecule has 0 aromatic carbocycles. The van der Waals surface area contributed by atoms with E-state index in [2.05, 4.69) is 30.6 Å². The summed E-state index contributed by atoms with van der Waals surface area (Å²) in [6, 6.07) is 2.77. The number of aromatic amines is 2. The van der Waals surface area contributed by atoms with Crippen LogP contribution >= 0.6 is 0 Å². The first-order valence-electron chi connectivity index (χ1n) is 11.1. The third-order valence-corrected chi connectivity index (χ3v) is 5.42. The number of esters is 2. The molecule has 0 aliphatic carbocycles. The van der Waals surface area contributed by atoms with Gasteiger partial charge >= 0.3 is 11.9 Å². The van der Waals surface area contributed by atoms with Crippen molar-refractivity contribution < 1.29 is 19.1 Å². The normalized spacial score (nSPS) is 12.7. The minimum atomic E-state index is -0.565. The average molecular weight is 485 g/mol. The van der Waals surface area contributed by atoms with E-state index in [1.54, 1.807) is 25.0 Å². The molecule has 4 N–H and O–H groups in total. The van der Waals surface area contributed by atoms with E-state index in [4.69, 9.17) is 14.5 Å². The SMILES string of the molecule is COC(=O)[C@H](Cc1cnc[nH]1)NCc1cc(N(C)C)cc(CN[C@@H](Cc2cnc[nH]2)C(=O)OC)n1. The van der Waals surface area contributed by atoms with E-state index in [9.17, 15) is 9.59 Å². The Kier molecular flexibility index (Phi) is 9.32. The van der Waals surface area contributed by atoms with Crippen molar-refractivity contribution in [2.24, 2.45) is 0 Å². The molecule has 0 bridgehead atoms. The summed E-state index contributed by atoms with van der Waals surface area (Å²) >= 11 is 0. The zero-order chi connectivity index (χ0) is 25.2. The van der Waals surface area contributed by atoms with Gasteiger partial charge in [0.2, 0.25) is 0 Å². The number of carbonyl (C=O) groups excluding carboxylic acids is 2. The van der Waals surface area contributed by atoms with E-state index < -0.39 is 12.1 Å². The first kappa shape index (κ1) is 25.8. The molecule has 3 aromatic heterocycles. The zero-order valence-corrected chi connectivity index (χ0v) is 20.4. The molecular weight excluding hydrogens is 452 g/mol. The Morgan fingerprint density at radius 1 is 0.886 bits per heavy atom. The second-order valence-electron chi connectivity index (χ2n) is 8.18. The predicted molar refractivity (Wildman–Crippen MR) is 128 cm³/mol. The molecule has 3 rings (SSSR count). The maximum absolute atomic E-state index is 12.3. The smallest absolute Gasteiger partial charge is 0.323 e. The Labute approximate surface area is 203 Å². The van der Waals surface area contributed by atoms with E-state index in [0.29, 0.717) is 25.9 Å². The second kappa shape index (κ2) is 12.6. The lowest BCUT2D eigenvalue weighted by Crippen LogP contribution is -2.40. The van der Waals surface area contributed by atoms with Crippen LogP contribution in [-0.2, 0) is 45.0 Å². The van der Waals surface area contributed by atoms with Crippen molar-refractivity contribution in [1.29, 1.82) is 0 Å². The molecule has 2 atom stereocenters. The van der Waals surface area contributed by atoms with Crippen molar-refractivity contribution in [1.82, 2.24) is 35.6 Å². The van der Waals surface area contributed by atoms with Crippen LogP contribution in [0.3, 0.4) is 0 Å². The molecule has 0 unspecified atom stereocenters. The molecule has 3 aromatic rings. The Balaban J connectivity index is 1.71. The van der Waals surface area contributed by atoms with Crippen molar-refractivity contribution >= 4 is 17.6 Å². The van der Waals surface area contributed by atoms with Crippen molar-refractivity contribution in [2.45, 2.75) is 38.0 Å². The number of anilines is 1. The van der Waals surface area contributed by atoms with Gasteiger partial charge in [-0.15, -0.1) is 0 Å². The van der Waals surface area contributed by atoms with Crippen LogP contribution in [0.25, 0.3) is 0 Å². The van der Waals surface area contributed by atoms with Crippen LogP contribution in [0.4, 0.5) is 5.69 Å². The molecule has 3 heterocycles.